The molecule has 78 valence electrons. The van der Waals surface area contributed by atoms with Gasteiger partial charge in [0.2, 0.25) is 0 Å². The summed E-state index contributed by atoms with van der Waals surface area (Å²) in [5.74, 6) is 0.492. The lowest BCUT2D eigenvalue weighted by molar-refractivity contribution is 0.102. The Bertz CT molecular complexity index is 448. The Morgan fingerprint density at radius 1 is 1.67 bits per heavy atom. The Balaban J connectivity index is 1.91. The highest BCUT2D eigenvalue weighted by atomic mass is 32.2. The van der Waals surface area contributed by atoms with Gasteiger partial charge < -0.3 is 4.42 Å². The van der Waals surface area contributed by atoms with Crippen LogP contribution >= 0.6 is 23.1 Å². The van der Waals surface area contributed by atoms with Crippen LogP contribution in [0.2, 0.25) is 0 Å². The number of carbonyl (C=O) groups excluding carboxylic acids is 1. The minimum Gasteiger partial charge on any atom is -0.440 e. The molecule has 0 saturated heterocycles. The largest absolute Gasteiger partial charge is 0.440 e. The van der Waals surface area contributed by atoms with E-state index in [-0.39, 0.29) is 5.78 Å². The highest BCUT2D eigenvalue weighted by Gasteiger charge is 2.09. The predicted molar refractivity (Wildman–Crippen MR) is 60.6 cm³/mol. The van der Waals surface area contributed by atoms with Crippen molar-refractivity contribution in [2.75, 3.05) is 5.75 Å². The van der Waals surface area contributed by atoms with Crippen LogP contribution in [0.4, 0.5) is 0 Å². The maximum Gasteiger partial charge on any atom is 0.256 e. The average molecular weight is 239 g/mol. The van der Waals surface area contributed by atoms with Crippen LogP contribution in [-0.4, -0.2) is 16.5 Å². The number of thiophene rings is 1. The number of ketones is 1. The fourth-order valence-electron chi connectivity index (χ4n) is 1.03. The monoisotopic (exact) mass is 239 g/mol. The van der Waals surface area contributed by atoms with E-state index in [0.29, 0.717) is 11.0 Å². The molecule has 15 heavy (non-hydrogen) atoms. The summed E-state index contributed by atoms with van der Waals surface area (Å²) in [6.07, 6.45) is 1.58. The maximum absolute atomic E-state index is 11.6. The lowest BCUT2D eigenvalue weighted by atomic mass is 10.4. The summed E-state index contributed by atoms with van der Waals surface area (Å²) in [7, 11) is 0. The van der Waals surface area contributed by atoms with Gasteiger partial charge in [0, 0.05) is 0 Å². The van der Waals surface area contributed by atoms with Gasteiger partial charge in [-0.15, -0.1) is 11.3 Å². The molecule has 2 aromatic rings. The third-order valence-corrected chi connectivity index (χ3v) is 3.47. The van der Waals surface area contributed by atoms with Crippen molar-refractivity contribution in [3.8, 4) is 0 Å². The van der Waals surface area contributed by atoms with Crippen LogP contribution in [0.15, 0.2) is 33.4 Å². The second-order valence-corrected chi connectivity index (χ2v) is 4.82. The molecule has 0 saturated carbocycles. The number of rotatable bonds is 4. The molecule has 0 fully saturated rings. The van der Waals surface area contributed by atoms with Crippen LogP contribution in [-0.2, 0) is 0 Å². The number of nitrogens with zero attached hydrogens (tertiary/aromatic N) is 1. The van der Waals surface area contributed by atoms with Gasteiger partial charge in [0.15, 0.2) is 5.78 Å². The number of Topliss-reactive ketones (excluding diaryl/α,β-unsaturated/α-hetero) is 1. The molecule has 0 aromatic carbocycles. The second-order valence-electron chi connectivity index (χ2n) is 2.94. The van der Waals surface area contributed by atoms with Gasteiger partial charge in [-0.1, -0.05) is 17.8 Å². The molecule has 0 N–H and O–H groups in total. The number of oxazole rings is 1. The van der Waals surface area contributed by atoms with Gasteiger partial charge in [-0.3, -0.25) is 4.79 Å². The molecule has 0 atom stereocenters. The highest BCUT2D eigenvalue weighted by Crippen LogP contribution is 2.19. The Morgan fingerprint density at radius 2 is 2.53 bits per heavy atom. The fourth-order valence-corrected chi connectivity index (χ4v) is 2.52. The van der Waals surface area contributed by atoms with Crippen LogP contribution in [0.25, 0.3) is 0 Å². The lowest BCUT2D eigenvalue weighted by Crippen LogP contribution is -1.98. The van der Waals surface area contributed by atoms with Crippen molar-refractivity contribution in [2.24, 2.45) is 0 Å². The molecule has 2 heterocycles. The van der Waals surface area contributed by atoms with Crippen molar-refractivity contribution in [3.63, 3.8) is 0 Å². The van der Waals surface area contributed by atoms with Crippen molar-refractivity contribution >= 4 is 28.9 Å². The molecule has 5 heteroatoms. The van der Waals surface area contributed by atoms with E-state index in [1.807, 2.05) is 24.4 Å². The summed E-state index contributed by atoms with van der Waals surface area (Å²) in [6, 6.07) is 3.70. The van der Waals surface area contributed by atoms with Crippen LogP contribution in [0.5, 0.6) is 0 Å². The van der Waals surface area contributed by atoms with E-state index < -0.39 is 0 Å². The molecule has 0 bridgehead atoms. The zero-order valence-corrected chi connectivity index (χ0v) is 9.73. The van der Waals surface area contributed by atoms with E-state index in [1.54, 1.807) is 6.26 Å². The van der Waals surface area contributed by atoms with Crippen molar-refractivity contribution in [1.29, 1.82) is 0 Å². The minimum atomic E-state index is 0.117. The molecule has 0 unspecified atom stereocenters. The number of hydrogen-bond acceptors (Lipinski definition) is 5. The molecule has 0 amide bonds. The first-order chi connectivity index (χ1) is 7.25. The van der Waals surface area contributed by atoms with Gasteiger partial charge in [-0.05, 0) is 18.4 Å². The van der Waals surface area contributed by atoms with Crippen molar-refractivity contribution in [3.05, 3.63) is 34.3 Å². The van der Waals surface area contributed by atoms with Crippen molar-refractivity contribution in [1.82, 2.24) is 4.98 Å². The summed E-state index contributed by atoms with van der Waals surface area (Å²) < 4.78 is 5.14. The predicted octanol–water partition coefficient (Wildman–Crippen LogP) is 3.02. The Labute approximate surface area is 95.5 Å². The van der Waals surface area contributed by atoms with Gasteiger partial charge >= 0.3 is 0 Å². The minimum absolute atomic E-state index is 0.117. The van der Waals surface area contributed by atoms with E-state index in [9.17, 15) is 4.79 Å². The number of thioether (sulfide) groups is 1. The molecule has 3 nitrogen and oxygen atoms in total. The first-order valence-corrected chi connectivity index (χ1v) is 6.24. The van der Waals surface area contributed by atoms with E-state index in [1.165, 1.54) is 23.1 Å². The number of carbonyl (C=O) groups is 1. The van der Waals surface area contributed by atoms with Gasteiger partial charge in [0.25, 0.3) is 5.22 Å². The summed E-state index contributed by atoms with van der Waals surface area (Å²) in [5, 5.41) is 2.45. The Hall–Kier alpha value is -1.07. The first kappa shape index (κ1) is 10.4. The SMILES string of the molecule is Cc1coc(SCC(=O)c2cccs2)n1. The van der Waals surface area contributed by atoms with Gasteiger partial charge in [0.1, 0.15) is 6.26 Å². The average Bonchev–Trinajstić information content (AvgIpc) is 2.84. The second kappa shape index (κ2) is 4.63. The van der Waals surface area contributed by atoms with E-state index >= 15 is 0 Å². The Kier molecular flexibility index (Phi) is 3.23. The summed E-state index contributed by atoms with van der Waals surface area (Å²) in [4.78, 5) is 16.5. The number of aromatic nitrogens is 1. The molecule has 0 aliphatic heterocycles. The van der Waals surface area contributed by atoms with Crippen LogP contribution < -0.4 is 0 Å². The summed E-state index contributed by atoms with van der Waals surface area (Å²) in [6.45, 7) is 1.86. The molecule has 0 aliphatic carbocycles. The standard InChI is InChI=1S/C10H9NO2S2/c1-7-5-13-10(11-7)15-6-8(12)9-3-2-4-14-9/h2-5H,6H2,1H3. The molecule has 0 spiro atoms. The lowest BCUT2D eigenvalue weighted by Gasteiger charge is -1.93. The van der Waals surface area contributed by atoms with Crippen LogP contribution in [0.1, 0.15) is 15.4 Å². The quantitative estimate of drug-likeness (QED) is 0.607. The highest BCUT2D eigenvalue weighted by molar-refractivity contribution is 7.99. The fraction of sp³-hybridized carbons (Fsp3) is 0.200. The molecule has 0 aliphatic rings. The molecular weight excluding hydrogens is 230 g/mol. The van der Waals surface area contributed by atoms with E-state index in [4.69, 9.17) is 4.42 Å². The van der Waals surface area contributed by atoms with Crippen molar-refractivity contribution in [2.45, 2.75) is 12.1 Å². The van der Waals surface area contributed by atoms with Gasteiger partial charge in [-0.2, -0.15) is 0 Å². The summed E-state index contributed by atoms with van der Waals surface area (Å²) in [5.41, 5.74) is 0.834. The molecule has 2 aromatic heterocycles. The zero-order chi connectivity index (χ0) is 10.7. The number of hydrogen-bond donors (Lipinski definition) is 0. The topological polar surface area (TPSA) is 43.1 Å². The van der Waals surface area contributed by atoms with Crippen LogP contribution in [0.3, 0.4) is 0 Å². The van der Waals surface area contributed by atoms with Gasteiger partial charge in [-0.25, -0.2) is 4.98 Å². The third kappa shape index (κ3) is 2.70. The van der Waals surface area contributed by atoms with Crippen molar-refractivity contribution < 1.29 is 9.21 Å². The summed E-state index contributed by atoms with van der Waals surface area (Å²) >= 11 is 2.78. The Morgan fingerprint density at radius 3 is 3.13 bits per heavy atom. The normalized spacial score (nSPS) is 10.5. The number of aryl methyl sites for hydroxylation is 1. The molecular formula is C10H9NO2S2. The first-order valence-electron chi connectivity index (χ1n) is 4.37. The maximum atomic E-state index is 11.6. The van der Waals surface area contributed by atoms with E-state index in [0.717, 1.165) is 10.6 Å². The molecule has 0 radical (unpaired) electrons. The smallest absolute Gasteiger partial charge is 0.256 e. The zero-order valence-electron chi connectivity index (χ0n) is 8.10. The van der Waals surface area contributed by atoms with Gasteiger partial charge in [0.05, 0.1) is 16.3 Å². The molecule has 2 rings (SSSR count). The third-order valence-electron chi connectivity index (χ3n) is 1.72. The van der Waals surface area contributed by atoms with Crippen LogP contribution in [0, 0.1) is 6.92 Å². The van der Waals surface area contributed by atoms with E-state index in [2.05, 4.69) is 4.98 Å².